The van der Waals surface area contributed by atoms with Gasteiger partial charge in [0, 0.05) is 23.7 Å². The van der Waals surface area contributed by atoms with E-state index in [2.05, 4.69) is 9.97 Å². The summed E-state index contributed by atoms with van der Waals surface area (Å²) in [5.74, 6) is 0.533. The molecule has 34 heavy (non-hydrogen) atoms. The first-order valence-electron chi connectivity index (χ1n) is 10.8. The van der Waals surface area contributed by atoms with E-state index in [0.29, 0.717) is 45.8 Å². The van der Waals surface area contributed by atoms with Crippen molar-refractivity contribution < 1.29 is 9.53 Å². The molecule has 0 saturated heterocycles. The third-order valence-corrected chi connectivity index (χ3v) is 5.62. The predicted molar refractivity (Wildman–Crippen MR) is 131 cm³/mol. The highest BCUT2D eigenvalue weighted by molar-refractivity contribution is 6.09. The van der Waals surface area contributed by atoms with Gasteiger partial charge in [-0.05, 0) is 54.1 Å². The van der Waals surface area contributed by atoms with Gasteiger partial charge in [-0.15, -0.1) is 0 Å². The largest absolute Gasteiger partial charge is 0.497 e. The standard InChI is InChI=1S/C28H21N3O3/c1-34-23-14-12-20(13-15-23)26(32)21-9-5-10-22(18-21)31-27-24(11-6-16-29-27)30-25(28(31)33)17-19-7-3-2-4-8-19/h2-16,18H,17H2,1H3. The number of benzene rings is 3. The molecule has 0 aliphatic heterocycles. The summed E-state index contributed by atoms with van der Waals surface area (Å²) in [5, 5.41) is 0. The molecule has 0 fully saturated rings. The minimum atomic E-state index is -0.260. The summed E-state index contributed by atoms with van der Waals surface area (Å²) in [6.07, 6.45) is 2.03. The molecule has 2 heterocycles. The summed E-state index contributed by atoms with van der Waals surface area (Å²) < 4.78 is 6.71. The van der Waals surface area contributed by atoms with Crippen molar-refractivity contribution in [2.75, 3.05) is 7.11 Å². The lowest BCUT2D eigenvalue weighted by atomic mass is 10.0. The number of aromatic nitrogens is 3. The van der Waals surface area contributed by atoms with E-state index >= 15 is 0 Å². The van der Waals surface area contributed by atoms with Crippen LogP contribution in [0.2, 0.25) is 0 Å². The third kappa shape index (κ3) is 4.09. The van der Waals surface area contributed by atoms with Crippen LogP contribution in [-0.4, -0.2) is 27.4 Å². The van der Waals surface area contributed by atoms with Gasteiger partial charge in [0.05, 0.1) is 12.8 Å². The molecule has 0 bridgehead atoms. The number of carbonyl (C=O) groups excluding carboxylic acids is 1. The summed E-state index contributed by atoms with van der Waals surface area (Å²) in [4.78, 5) is 35.7. The van der Waals surface area contributed by atoms with Crippen molar-refractivity contribution in [1.82, 2.24) is 14.5 Å². The number of hydrogen-bond acceptors (Lipinski definition) is 5. The number of ketones is 1. The highest BCUT2D eigenvalue weighted by atomic mass is 16.5. The Hall–Kier alpha value is -4.58. The van der Waals surface area contributed by atoms with Crippen molar-refractivity contribution >= 4 is 16.9 Å². The van der Waals surface area contributed by atoms with E-state index in [1.54, 1.807) is 67.9 Å². The Morgan fingerprint density at radius 1 is 0.882 bits per heavy atom. The molecular formula is C28H21N3O3. The van der Waals surface area contributed by atoms with E-state index < -0.39 is 0 Å². The number of nitrogens with zero attached hydrogens (tertiary/aromatic N) is 3. The summed E-state index contributed by atoms with van der Waals surface area (Å²) in [6.45, 7) is 0. The van der Waals surface area contributed by atoms with Crippen molar-refractivity contribution in [1.29, 1.82) is 0 Å². The quantitative estimate of drug-likeness (QED) is 0.356. The number of carbonyl (C=O) groups is 1. The Labute approximate surface area is 196 Å². The number of methoxy groups -OCH3 is 1. The maximum atomic E-state index is 13.6. The average Bonchev–Trinajstić information content (AvgIpc) is 2.89. The zero-order valence-corrected chi connectivity index (χ0v) is 18.5. The fourth-order valence-corrected chi connectivity index (χ4v) is 3.91. The molecular weight excluding hydrogens is 426 g/mol. The van der Waals surface area contributed by atoms with Crippen LogP contribution in [0.15, 0.2) is 102 Å². The van der Waals surface area contributed by atoms with Gasteiger partial charge in [-0.25, -0.2) is 9.97 Å². The molecule has 0 N–H and O–H groups in total. The van der Waals surface area contributed by atoms with Gasteiger partial charge in [0.15, 0.2) is 11.4 Å². The Bertz CT molecular complexity index is 1540. The number of fused-ring (bicyclic) bond motifs is 1. The zero-order chi connectivity index (χ0) is 23.5. The Balaban J connectivity index is 1.62. The van der Waals surface area contributed by atoms with Crippen molar-refractivity contribution in [3.05, 3.63) is 130 Å². The van der Waals surface area contributed by atoms with E-state index in [-0.39, 0.29) is 11.3 Å². The fraction of sp³-hybridized carbons (Fsp3) is 0.0714. The lowest BCUT2D eigenvalue weighted by Gasteiger charge is -2.13. The SMILES string of the molecule is COc1ccc(C(=O)c2cccc(-n3c(=O)c(Cc4ccccc4)nc4cccnc43)c2)cc1. The Morgan fingerprint density at radius 2 is 1.68 bits per heavy atom. The van der Waals surface area contributed by atoms with Gasteiger partial charge < -0.3 is 4.74 Å². The summed E-state index contributed by atoms with van der Waals surface area (Å²) >= 11 is 0. The monoisotopic (exact) mass is 447 g/mol. The van der Waals surface area contributed by atoms with Crippen LogP contribution in [0, 0.1) is 0 Å². The lowest BCUT2D eigenvalue weighted by molar-refractivity contribution is 0.103. The molecule has 0 radical (unpaired) electrons. The first-order valence-corrected chi connectivity index (χ1v) is 10.8. The highest BCUT2D eigenvalue weighted by Gasteiger charge is 2.16. The van der Waals surface area contributed by atoms with Crippen LogP contribution in [0.4, 0.5) is 0 Å². The second kappa shape index (κ2) is 9.11. The molecule has 0 saturated carbocycles. The second-order valence-electron chi connectivity index (χ2n) is 7.82. The lowest BCUT2D eigenvalue weighted by Crippen LogP contribution is -2.25. The molecule has 0 aliphatic rings. The van der Waals surface area contributed by atoms with Crippen molar-refractivity contribution in [3.8, 4) is 11.4 Å². The van der Waals surface area contributed by atoms with Gasteiger partial charge in [-0.2, -0.15) is 0 Å². The predicted octanol–water partition coefficient (Wildman–Crippen LogP) is 4.61. The van der Waals surface area contributed by atoms with Gasteiger partial charge >= 0.3 is 0 Å². The number of ether oxygens (including phenoxy) is 1. The van der Waals surface area contributed by atoms with Crippen molar-refractivity contribution in [2.45, 2.75) is 6.42 Å². The second-order valence-corrected chi connectivity index (χ2v) is 7.82. The van der Waals surface area contributed by atoms with Crippen molar-refractivity contribution in [2.24, 2.45) is 0 Å². The topological polar surface area (TPSA) is 74.1 Å². The molecule has 0 atom stereocenters. The number of pyridine rings is 1. The minimum absolute atomic E-state index is 0.145. The Kier molecular flexibility index (Phi) is 5.70. The molecule has 0 spiro atoms. The number of hydrogen-bond donors (Lipinski definition) is 0. The molecule has 3 aromatic carbocycles. The summed E-state index contributed by atoms with van der Waals surface area (Å²) in [7, 11) is 1.58. The Morgan fingerprint density at radius 3 is 2.44 bits per heavy atom. The normalized spacial score (nSPS) is 10.9. The molecule has 0 aliphatic carbocycles. The smallest absolute Gasteiger partial charge is 0.278 e. The third-order valence-electron chi connectivity index (χ3n) is 5.62. The molecule has 0 unspecified atom stereocenters. The van der Waals surface area contributed by atoms with Crippen LogP contribution in [0.5, 0.6) is 5.75 Å². The van der Waals surface area contributed by atoms with E-state index in [4.69, 9.17) is 4.74 Å². The summed E-state index contributed by atoms with van der Waals surface area (Å²) in [5.41, 5.74) is 3.77. The molecule has 5 aromatic rings. The maximum absolute atomic E-state index is 13.6. The summed E-state index contributed by atoms with van der Waals surface area (Å²) in [6, 6.07) is 27.3. The van der Waals surface area contributed by atoms with E-state index in [1.807, 2.05) is 36.4 Å². The van der Waals surface area contributed by atoms with Gasteiger partial charge in [-0.1, -0.05) is 42.5 Å². The van der Waals surface area contributed by atoms with Crippen LogP contribution in [0.25, 0.3) is 16.9 Å². The van der Waals surface area contributed by atoms with Crippen LogP contribution in [0.3, 0.4) is 0 Å². The van der Waals surface area contributed by atoms with Crippen LogP contribution >= 0.6 is 0 Å². The van der Waals surface area contributed by atoms with E-state index in [0.717, 1.165) is 5.56 Å². The van der Waals surface area contributed by atoms with Gasteiger partial charge in [0.1, 0.15) is 17.0 Å². The molecule has 5 rings (SSSR count). The van der Waals surface area contributed by atoms with Crippen LogP contribution in [-0.2, 0) is 6.42 Å². The van der Waals surface area contributed by atoms with Gasteiger partial charge in [-0.3, -0.25) is 14.2 Å². The van der Waals surface area contributed by atoms with Crippen LogP contribution in [0.1, 0.15) is 27.2 Å². The molecule has 6 nitrogen and oxygen atoms in total. The van der Waals surface area contributed by atoms with E-state index in [9.17, 15) is 9.59 Å². The fourth-order valence-electron chi connectivity index (χ4n) is 3.91. The highest BCUT2D eigenvalue weighted by Crippen LogP contribution is 2.19. The molecule has 0 amide bonds. The van der Waals surface area contributed by atoms with E-state index in [1.165, 1.54) is 4.57 Å². The average molecular weight is 447 g/mol. The first kappa shape index (κ1) is 21.3. The molecule has 166 valence electrons. The van der Waals surface area contributed by atoms with Crippen LogP contribution < -0.4 is 10.3 Å². The van der Waals surface area contributed by atoms with Crippen molar-refractivity contribution in [3.63, 3.8) is 0 Å². The molecule has 2 aromatic heterocycles. The van der Waals surface area contributed by atoms with Gasteiger partial charge in [0.25, 0.3) is 5.56 Å². The number of rotatable bonds is 6. The molecule has 6 heteroatoms. The first-order chi connectivity index (χ1) is 16.6. The minimum Gasteiger partial charge on any atom is -0.497 e. The zero-order valence-electron chi connectivity index (χ0n) is 18.5. The maximum Gasteiger partial charge on any atom is 0.278 e. The van der Waals surface area contributed by atoms with Gasteiger partial charge in [0.2, 0.25) is 0 Å².